The van der Waals surface area contributed by atoms with E-state index in [1.54, 1.807) is 24.3 Å². The highest BCUT2D eigenvalue weighted by Crippen LogP contribution is 2.22. The van der Waals surface area contributed by atoms with Gasteiger partial charge in [0.25, 0.3) is 5.56 Å². The molecule has 6 nitrogen and oxygen atoms in total. The highest BCUT2D eigenvalue weighted by molar-refractivity contribution is 6.33. The molecule has 0 aliphatic heterocycles. The number of benzene rings is 1. The van der Waals surface area contributed by atoms with Crippen molar-refractivity contribution in [2.24, 2.45) is 5.92 Å². The number of carbonyl (C=O) groups is 1. The van der Waals surface area contributed by atoms with Crippen LogP contribution in [0.5, 0.6) is 0 Å². The van der Waals surface area contributed by atoms with Gasteiger partial charge in [-0.15, -0.1) is 0 Å². The first-order chi connectivity index (χ1) is 11.4. The van der Waals surface area contributed by atoms with Crippen LogP contribution in [0.2, 0.25) is 5.02 Å². The molecule has 2 aromatic rings. The number of aromatic nitrogens is 2. The summed E-state index contributed by atoms with van der Waals surface area (Å²) in [6.07, 6.45) is 1.53. The van der Waals surface area contributed by atoms with E-state index < -0.39 is 11.5 Å². The van der Waals surface area contributed by atoms with E-state index in [0.717, 1.165) is 11.2 Å². The van der Waals surface area contributed by atoms with Crippen molar-refractivity contribution >= 4 is 23.3 Å². The van der Waals surface area contributed by atoms with Gasteiger partial charge in [0.15, 0.2) is 0 Å². The van der Waals surface area contributed by atoms with Crippen molar-refractivity contribution in [1.29, 1.82) is 0 Å². The number of ether oxygens (including phenoxy) is 1. The van der Waals surface area contributed by atoms with E-state index in [9.17, 15) is 9.59 Å². The lowest BCUT2D eigenvalue weighted by atomic mass is 10.2. The first-order valence-corrected chi connectivity index (χ1v) is 7.91. The van der Waals surface area contributed by atoms with Crippen LogP contribution in [-0.4, -0.2) is 36.5 Å². The Bertz CT molecular complexity index is 802. The quantitative estimate of drug-likeness (QED) is 0.777. The highest BCUT2D eigenvalue weighted by Gasteiger charge is 2.18. The van der Waals surface area contributed by atoms with Gasteiger partial charge >= 0.3 is 5.97 Å². The molecule has 1 aromatic carbocycles. The number of nitrogens with zero attached hydrogens (tertiary/aromatic N) is 3. The average Bonchev–Trinajstić information content (AvgIpc) is 2.56. The molecule has 2 rings (SSSR count). The molecule has 0 amide bonds. The fraction of sp³-hybridized carbons (Fsp3) is 0.353. The van der Waals surface area contributed by atoms with E-state index in [2.05, 4.69) is 18.9 Å². The molecule has 1 heterocycles. The van der Waals surface area contributed by atoms with Crippen LogP contribution in [-0.2, 0) is 4.74 Å². The zero-order valence-electron chi connectivity index (χ0n) is 14.1. The minimum absolute atomic E-state index is 0.0628. The lowest BCUT2D eigenvalue weighted by Crippen LogP contribution is -2.29. The van der Waals surface area contributed by atoms with Crippen molar-refractivity contribution in [3.63, 3.8) is 0 Å². The molecule has 0 radical (unpaired) electrons. The van der Waals surface area contributed by atoms with Gasteiger partial charge in [-0.05, 0) is 18.1 Å². The molecular weight excluding hydrogens is 330 g/mol. The summed E-state index contributed by atoms with van der Waals surface area (Å²) >= 11 is 6.26. The minimum atomic E-state index is -0.545. The number of hydrogen-bond acceptors (Lipinski definition) is 5. The third kappa shape index (κ3) is 3.59. The third-order valence-corrected chi connectivity index (χ3v) is 3.84. The van der Waals surface area contributed by atoms with Gasteiger partial charge in [-0.1, -0.05) is 37.6 Å². The Morgan fingerprint density at radius 2 is 2.04 bits per heavy atom. The predicted octanol–water partition coefficient (Wildman–Crippen LogP) is 2.76. The number of esters is 1. The van der Waals surface area contributed by atoms with Crippen LogP contribution in [0.4, 0.5) is 5.69 Å². The molecular formula is C17H20ClN3O3. The summed E-state index contributed by atoms with van der Waals surface area (Å²) in [4.78, 5) is 26.4. The summed E-state index contributed by atoms with van der Waals surface area (Å²) in [5.41, 5.74) is 0.645. The van der Waals surface area contributed by atoms with Gasteiger partial charge in [-0.2, -0.15) is 9.78 Å². The van der Waals surface area contributed by atoms with E-state index in [1.165, 1.54) is 13.3 Å². The maximum Gasteiger partial charge on any atom is 0.340 e. The Kier molecular flexibility index (Phi) is 5.62. The molecule has 7 heteroatoms. The summed E-state index contributed by atoms with van der Waals surface area (Å²) in [6, 6.07) is 6.59. The third-order valence-electron chi connectivity index (χ3n) is 3.49. The first-order valence-electron chi connectivity index (χ1n) is 7.53. The topological polar surface area (TPSA) is 64.4 Å². The van der Waals surface area contributed by atoms with Crippen LogP contribution in [0.1, 0.15) is 24.2 Å². The molecule has 0 saturated carbocycles. The summed E-state index contributed by atoms with van der Waals surface area (Å²) in [7, 11) is 3.14. The molecule has 0 aliphatic rings. The van der Waals surface area contributed by atoms with Gasteiger partial charge < -0.3 is 9.64 Å². The molecule has 0 bridgehead atoms. The number of rotatable bonds is 5. The zero-order valence-corrected chi connectivity index (χ0v) is 14.9. The fourth-order valence-electron chi connectivity index (χ4n) is 2.45. The van der Waals surface area contributed by atoms with Gasteiger partial charge in [0.2, 0.25) is 0 Å². The SMILES string of the molecule is COC(=O)c1ccccc1-n1ncc(N(C)CC(C)C)c(Cl)c1=O. The normalized spacial score (nSPS) is 10.8. The van der Waals surface area contributed by atoms with Crippen LogP contribution in [0.25, 0.3) is 5.69 Å². The van der Waals surface area contributed by atoms with Crippen molar-refractivity contribution < 1.29 is 9.53 Å². The predicted molar refractivity (Wildman–Crippen MR) is 94.3 cm³/mol. The van der Waals surface area contributed by atoms with Gasteiger partial charge in [-0.3, -0.25) is 4.79 Å². The monoisotopic (exact) mass is 349 g/mol. The summed E-state index contributed by atoms with van der Waals surface area (Å²) in [5.74, 6) is -0.134. The van der Waals surface area contributed by atoms with Crippen LogP contribution in [0.3, 0.4) is 0 Å². The standard InChI is InChI=1S/C17H20ClN3O3/c1-11(2)10-20(3)14-9-19-21(16(22)15(14)18)13-8-6-5-7-12(13)17(23)24-4/h5-9,11H,10H2,1-4H3. The lowest BCUT2D eigenvalue weighted by molar-refractivity contribution is 0.0600. The summed E-state index contributed by atoms with van der Waals surface area (Å²) < 4.78 is 5.86. The Morgan fingerprint density at radius 1 is 1.38 bits per heavy atom. The zero-order chi connectivity index (χ0) is 17.9. The van der Waals surface area contributed by atoms with Crippen molar-refractivity contribution in [3.8, 4) is 5.69 Å². The molecule has 0 atom stereocenters. The van der Waals surface area contributed by atoms with Crippen LogP contribution >= 0.6 is 11.6 Å². The number of methoxy groups -OCH3 is 1. The Balaban J connectivity index is 2.54. The number of hydrogen-bond donors (Lipinski definition) is 0. The van der Waals surface area contributed by atoms with Crippen molar-refractivity contribution in [3.05, 3.63) is 51.4 Å². The first kappa shape index (κ1) is 18.0. The van der Waals surface area contributed by atoms with E-state index in [-0.39, 0.29) is 10.6 Å². The smallest absolute Gasteiger partial charge is 0.340 e. The summed E-state index contributed by atoms with van der Waals surface area (Å²) in [6.45, 7) is 4.89. The van der Waals surface area contributed by atoms with Crippen LogP contribution < -0.4 is 10.5 Å². The number of para-hydroxylation sites is 1. The summed E-state index contributed by atoms with van der Waals surface area (Å²) in [5, 5.41) is 4.25. The molecule has 1 aromatic heterocycles. The fourth-order valence-corrected chi connectivity index (χ4v) is 2.72. The second-order valence-electron chi connectivity index (χ2n) is 5.84. The minimum Gasteiger partial charge on any atom is -0.465 e. The Morgan fingerprint density at radius 3 is 2.67 bits per heavy atom. The number of halogens is 1. The second kappa shape index (κ2) is 7.49. The maximum absolute atomic E-state index is 12.6. The maximum atomic E-state index is 12.6. The van der Waals surface area contributed by atoms with Crippen molar-refractivity contribution in [1.82, 2.24) is 9.78 Å². The van der Waals surface area contributed by atoms with E-state index in [0.29, 0.717) is 17.3 Å². The Hall–Kier alpha value is -2.34. The second-order valence-corrected chi connectivity index (χ2v) is 6.22. The number of anilines is 1. The molecule has 0 spiro atoms. The largest absolute Gasteiger partial charge is 0.465 e. The molecule has 128 valence electrons. The van der Waals surface area contributed by atoms with Gasteiger partial charge in [0.1, 0.15) is 5.02 Å². The van der Waals surface area contributed by atoms with E-state index in [4.69, 9.17) is 16.3 Å². The van der Waals surface area contributed by atoms with Gasteiger partial charge in [0, 0.05) is 13.6 Å². The molecule has 0 unspecified atom stereocenters. The molecule has 0 saturated heterocycles. The Labute approximate surface area is 145 Å². The number of carbonyl (C=O) groups excluding carboxylic acids is 1. The van der Waals surface area contributed by atoms with Crippen molar-refractivity contribution in [2.45, 2.75) is 13.8 Å². The highest BCUT2D eigenvalue weighted by atomic mass is 35.5. The van der Waals surface area contributed by atoms with E-state index in [1.807, 2.05) is 11.9 Å². The lowest BCUT2D eigenvalue weighted by Gasteiger charge is -2.22. The molecule has 0 aliphatic carbocycles. The van der Waals surface area contributed by atoms with Crippen LogP contribution in [0, 0.1) is 5.92 Å². The molecule has 0 N–H and O–H groups in total. The molecule has 0 fully saturated rings. The van der Waals surface area contributed by atoms with Gasteiger partial charge in [-0.25, -0.2) is 4.79 Å². The van der Waals surface area contributed by atoms with Gasteiger partial charge in [0.05, 0.1) is 30.2 Å². The van der Waals surface area contributed by atoms with Crippen LogP contribution in [0.15, 0.2) is 35.3 Å². The van der Waals surface area contributed by atoms with E-state index >= 15 is 0 Å². The van der Waals surface area contributed by atoms with Crippen molar-refractivity contribution in [2.75, 3.05) is 25.6 Å². The molecule has 24 heavy (non-hydrogen) atoms. The average molecular weight is 350 g/mol.